The molecule has 1 amide bonds. The SMILES string of the molecule is CCC(C)N1CCCC1=O.CCC(CC(O)CC(C)OC(C)=O)OC(=O)c1ccccc1C(=O)O. The predicted molar refractivity (Wildman–Crippen MR) is 130 cm³/mol. The molecule has 1 aliphatic rings. The summed E-state index contributed by atoms with van der Waals surface area (Å²) in [6.45, 7) is 9.97. The van der Waals surface area contributed by atoms with Crippen molar-refractivity contribution in [3.63, 3.8) is 0 Å². The molecular weight excluding hydrogens is 454 g/mol. The fourth-order valence-electron chi connectivity index (χ4n) is 3.83. The summed E-state index contributed by atoms with van der Waals surface area (Å²) in [6.07, 6.45) is 1.91. The number of nitrogens with zero attached hydrogens (tertiary/aromatic N) is 1. The number of aromatic carboxylic acids is 1. The molecule has 9 heteroatoms. The Hall–Kier alpha value is -2.94. The van der Waals surface area contributed by atoms with Crippen LogP contribution in [0.25, 0.3) is 0 Å². The largest absolute Gasteiger partial charge is 0.478 e. The lowest BCUT2D eigenvalue weighted by Gasteiger charge is -2.22. The number of carbonyl (C=O) groups excluding carboxylic acids is 3. The maximum absolute atomic E-state index is 12.3. The van der Waals surface area contributed by atoms with Crippen molar-refractivity contribution in [2.75, 3.05) is 6.54 Å². The third-order valence-electron chi connectivity index (χ3n) is 5.85. The lowest BCUT2D eigenvalue weighted by molar-refractivity contribution is -0.146. The van der Waals surface area contributed by atoms with Gasteiger partial charge in [0.25, 0.3) is 0 Å². The van der Waals surface area contributed by atoms with E-state index in [1.165, 1.54) is 25.1 Å². The minimum Gasteiger partial charge on any atom is -0.478 e. The molecule has 0 aromatic heterocycles. The quantitative estimate of drug-likeness (QED) is 0.445. The molecule has 196 valence electrons. The normalized spacial score (nSPS) is 16.4. The van der Waals surface area contributed by atoms with Gasteiger partial charge in [-0.3, -0.25) is 9.59 Å². The Morgan fingerprint density at radius 3 is 2.14 bits per heavy atom. The van der Waals surface area contributed by atoms with Gasteiger partial charge in [-0.15, -0.1) is 0 Å². The second-order valence-corrected chi connectivity index (χ2v) is 8.78. The van der Waals surface area contributed by atoms with E-state index in [-0.39, 0.29) is 24.0 Å². The fourth-order valence-corrected chi connectivity index (χ4v) is 3.83. The van der Waals surface area contributed by atoms with Gasteiger partial charge in [0.2, 0.25) is 5.91 Å². The van der Waals surface area contributed by atoms with Crippen LogP contribution in [0.3, 0.4) is 0 Å². The van der Waals surface area contributed by atoms with Crippen molar-refractivity contribution < 1.29 is 38.9 Å². The van der Waals surface area contributed by atoms with Crippen LogP contribution in [0.2, 0.25) is 0 Å². The maximum atomic E-state index is 12.3. The minimum absolute atomic E-state index is 0.0313. The number of hydrogen-bond donors (Lipinski definition) is 2. The molecule has 4 unspecified atom stereocenters. The average Bonchev–Trinajstić information content (AvgIpc) is 3.23. The molecule has 1 aromatic rings. The highest BCUT2D eigenvalue weighted by Crippen LogP contribution is 2.17. The van der Waals surface area contributed by atoms with Crippen LogP contribution >= 0.6 is 0 Å². The van der Waals surface area contributed by atoms with Gasteiger partial charge in [0, 0.05) is 38.8 Å². The summed E-state index contributed by atoms with van der Waals surface area (Å²) < 4.78 is 10.3. The first-order chi connectivity index (χ1) is 16.5. The predicted octanol–water partition coefficient (Wildman–Crippen LogP) is 3.82. The van der Waals surface area contributed by atoms with Crippen molar-refractivity contribution in [2.24, 2.45) is 0 Å². The Balaban J connectivity index is 0.000000507. The number of rotatable bonds is 11. The zero-order valence-electron chi connectivity index (χ0n) is 21.4. The van der Waals surface area contributed by atoms with Crippen LogP contribution in [-0.2, 0) is 19.1 Å². The van der Waals surface area contributed by atoms with E-state index in [0.29, 0.717) is 18.4 Å². The van der Waals surface area contributed by atoms with Crippen LogP contribution in [0, 0.1) is 0 Å². The van der Waals surface area contributed by atoms with Gasteiger partial charge in [0.15, 0.2) is 0 Å². The zero-order valence-corrected chi connectivity index (χ0v) is 21.4. The molecule has 2 rings (SSSR count). The Kier molecular flexibility index (Phi) is 13.0. The molecule has 35 heavy (non-hydrogen) atoms. The molecule has 1 fully saturated rings. The number of carboxylic acids is 1. The summed E-state index contributed by atoms with van der Waals surface area (Å²) >= 11 is 0. The maximum Gasteiger partial charge on any atom is 0.339 e. The van der Waals surface area contributed by atoms with Gasteiger partial charge >= 0.3 is 17.9 Å². The lowest BCUT2D eigenvalue weighted by atomic mass is 10.0. The van der Waals surface area contributed by atoms with Crippen molar-refractivity contribution in [1.29, 1.82) is 0 Å². The van der Waals surface area contributed by atoms with E-state index in [9.17, 15) is 24.3 Å². The molecule has 1 heterocycles. The van der Waals surface area contributed by atoms with Gasteiger partial charge in [0.1, 0.15) is 12.2 Å². The molecule has 0 spiro atoms. The Labute approximate surface area is 207 Å². The van der Waals surface area contributed by atoms with Crippen LogP contribution in [0.1, 0.15) is 93.9 Å². The summed E-state index contributed by atoms with van der Waals surface area (Å²) in [5, 5.41) is 19.2. The van der Waals surface area contributed by atoms with Gasteiger partial charge in [-0.05, 0) is 45.2 Å². The van der Waals surface area contributed by atoms with Gasteiger partial charge < -0.3 is 24.6 Å². The van der Waals surface area contributed by atoms with Crippen LogP contribution < -0.4 is 0 Å². The van der Waals surface area contributed by atoms with Crippen molar-refractivity contribution in [1.82, 2.24) is 4.90 Å². The number of esters is 2. The van der Waals surface area contributed by atoms with Gasteiger partial charge in [-0.25, -0.2) is 9.59 Å². The van der Waals surface area contributed by atoms with Crippen molar-refractivity contribution in [2.45, 2.75) is 97.5 Å². The Morgan fingerprint density at radius 2 is 1.66 bits per heavy atom. The number of hydrogen-bond acceptors (Lipinski definition) is 7. The molecule has 0 saturated carbocycles. The number of amides is 1. The highest BCUT2D eigenvalue weighted by molar-refractivity contribution is 6.02. The molecule has 1 aromatic carbocycles. The third kappa shape index (κ3) is 10.5. The summed E-state index contributed by atoms with van der Waals surface area (Å²) in [6, 6.07) is 6.25. The molecular formula is C26H39NO8. The number of aliphatic hydroxyl groups excluding tert-OH is 1. The summed E-state index contributed by atoms with van der Waals surface area (Å²) in [7, 11) is 0. The molecule has 2 N–H and O–H groups in total. The molecule has 4 atom stereocenters. The van der Waals surface area contributed by atoms with Crippen LogP contribution in [0.5, 0.6) is 0 Å². The third-order valence-corrected chi connectivity index (χ3v) is 5.85. The summed E-state index contributed by atoms with van der Waals surface area (Å²) in [4.78, 5) is 47.4. The molecule has 0 bridgehead atoms. The first-order valence-electron chi connectivity index (χ1n) is 12.2. The first kappa shape index (κ1) is 30.1. The average molecular weight is 494 g/mol. The van der Waals surface area contributed by atoms with Crippen molar-refractivity contribution in [3.8, 4) is 0 Å². The highest BCUT2D eigenvalue weighted by atomic mass is 16.5. The van der Waals surface area contributed by atoms with E-state index in [2.05, 4.69) is 13.8 Å². The number of likely N-dealkylation sites (tertiary alicyclic amines) is 1. The fraction of sp³-hybridized carbons (Fsp3) is 0.615. The van der Waals surface area contributed by atoms with Crippen LogP contribution in [-0.4, -0.2) is 69.8 Å². The summed E-state index contributed by atoms with van der Waals surface area (Å²) in [5.74, 6) is -2.04. The minimum atomic E-state index is -1.21. The smallest absolute Gasteiger partial charge is 0.339 e. The number of aliphatic hydroxyl groups is 1. The number of ether oxygens (including phenoxy) is 2. The van der Waals surface area contributed by atoms with Crippen molar-refractivity contribution in [3.05, 3.63) is 35.4 Å². The van der Waals surface area contributed by atoms with E-state index in [1.54, 1.807) is 19.9 Å². The molecule has 0 radical (unpaired) electrons. The van der Waals surface area contributed by atoms with Crippen molar-refractivity contribution >= 4 is 23.8 Å². The second kappa shape index (κ2) is 15.1. The zero-order chi connectivity index (χ0) is 26.5. The molecule has 9 nitrogen and oxygen atoms in total. The number of carbonyl (C=O) groups is 4. The van der Waals surface area contributed by atoms with Gasteiger partial charge in [-0.1, -0.05) is 26.0 Å². The number of benzene rings is 1. The van der Waals surface area contributed by atoms with Crippen LogP contribution in [0.15, 0.2) is 24.3 Å². The number of carboxylic acid groups (broad SMARTS) is 1. The van der Waals surface area contributed by atoms with E-state index in [4.69, 9.17) is 14.6 Å². The molecule has 1 aliphatic heterocycles. The van der Waals surface area contributed by atoms with E-state index in [1.807, 2.05) is 4.90 Å². The monoisotopic (exact) mass is 493 g/mol. The standard InChI is InChI=1S/C18H24O7.C8H15NO/c1-4-14(10-13(20)9-11(2)24-12(3)19)25-18(23)16-8-6-5-7-15(16)17(21)22;1-3-7(2)9-6-4-5-8(9)10/h5-8,11,13-14,20H,4,9-10H2,1-3H3,(H,21,22);7H,3-6H2,1-2H3. The van der Waals surface area contributed by atoms with E-state index in [0.717, 1.165) is 25.8 Å². The molecule has 0 aliphatic carbocycles. The van der Waals surface area contributed by atoms with Gasteiger partial charge in [0.05, 0.1) is 17.2 Å². The summed E-state index contributed by atoms with van der Waals surface area (Å²) in [5.41, 5.74) is -0.164. The topological polar surface area (TPSA) is 130 Å². The Morgan fingerprint density at radius 1 is 1.03 bits per heavy atom. The van der Waals surface area contributed by atoms with E-state index < -0.39 is 36.2 Å². The molecule has 1 saturated heterocycles. The van der Waals surface area contributed by atoms with Gasteiger partial charge in [-0.2, -0.15) is 0 Å². The Bertz CT molecular complexity index is 856. The lowest BCUT2D eigenvalue weighted by Crippen LogP contribution is -2.33. The highest BCUT2D eigenvalue weighted by Gasteiger charge is 2.24. The first-order valence-corrected chi connectivity index (χ1v) is 12.2. The second-order valence-electron chi connectivity index (χ2n) is 8.78. The van der Waals surface area contributed by atoms with Crippen LogP contribution in [0.4, 0.5) is 0 Å². The van der Waals surface area contributed by atoms with E-state index >= 15 is 0 Å².